The topological polar surface area (TPSA) is 93.2 Å². The predicted octanol–water partition coefficient (Wildman–Crippen LogP) is 2.51. The van der Waals surface area contributed by atoms with Crippen molar-refractivity contribution in [1.29, 1.82) is 0 Å². The van der Waals surface area contributed by atoms with Gasteiger partial charge in [0.05, 0.1) is 13.7 Å². The second-order valence-corrected chi connectivity index (χ2v) is 7.00. The zero-order chi connectivity index (χ0) is 23.2. The number of carbonyl (C=O) groups is 1. The fraction of sp³-hybridized carbons (Fsp3) is 0.417. The number of hydrogen-bond donors (Lipinski definition) is 3. The van der Waals surface area contributed by atoms with E-state index in [1.807, 2.05) is 26.0 Å². The minimum atomic E-state index is -0.151. The third-order valence-electron chi connectivity index (χ3n) is 4.62. The van der Waals surface area contributed by atoms with E-state index in [0.717, 1.165) is 16.9 Å². The minimum Gasteiger partial charge on any atom is -0.497 e. The van der Waals surface area contributed by atoms with Crippen molar-refractivity contribution in [1.82, 2.24) is 16.0 Å². The van der Waals surface area contributed by atoms with Gasteiger partial charge in [-0.05, 0) is 43.7 Å². The Kier molecular flexibility index (Phi) is 10.9. The number of carbonyl (C=O) groups excluding carboxylic acids is 1. The van der Waals surface area contributed by atoms with E-state index in [4.69, 9.17) is 14.2 Å². The second kappa shape index (κ2) is 13.9. The van der Waals surface area contributed by atoms with Crippen LogP contribution in [0.3, 0.4) is 0 Å². The summed E-state index contributed by atoms with van der Waals surface area (Å²) >= 11 is 0. The summed E-state index contributed by atoms with van der Waals surface area (Å²) in [6, 6.07) is 13.2. The van der Waals surface area contributed by atoms with Crippen LogP contribution in [0.1, 0.15) is 28.4 Å². The van der Waals surface area contributed by atoms with Gasteiger partial charge in [-0.2, -0.15) is 0 Å². The third kappa shape index (κ3) is 8.47. The Morgan fingerprint density at radius 3 is 2.59 bits per heavy atom. The van der Waals surface area contributed by atoms with E-state index >= 15 is 0 Å². The van der Waals surface area contributed by atoms with Crippen LogP contribution in [0, 0.1) is 6.92 Å². The molecule has 0 fully saturated rings. The van der Waals surface area contributed by atoms with Crippen LogP contribution in [0.4, 0.5) is 0 Å². The highest BCUT2D eigenvalue weighted by molar-refractivity contribution is 5.94. The number of guanidine groups is 1. The van der Waals surface area contributed by atoms with Gasteiger partial charge in [0.25, 0.3) is 5.91 Å². The lowest BCUT2D eigenvalue weighted by Crippen LogP contribution is -2.41. The normalized spacial score (nSPS) is 11.1. The average Bonchev–Trinajstić information content (AvgIpc) is 2.82. The Hall–Kier alpha value is -3.26. The number of ether oxygens (including phenoxy) is 3. The van der Waals surface area contributed by atoms with E-state index in [2.05, 4.69) is 27.0 Å². The van der Waals surface area contributed by atoms with Crippen LogP contribution in [0.25, 0.3) is 0 Å². The van der Waals surface area contributed by atoms with Crippen LogP contribution in [0.5, 0.6) is 11.5 Å². The summed E-state index contributed by atoms with van der Waals surface area (Å²) in [5, 5.41) is 9.36. The quantitative estimate of drug-likeness (QED) is 0.266. The molecule has 0 aliphatic carbocycles. The smallest absolute Gasteiger partial charge is 0.251 e. The van der Waals surface area contributed by atoms with E-state index in [-0.39, 0.29) is 5.91 Å². The Bertz CT molecular complexity index is 886. The molecule has 0 saturated heterocycles. The molecule has 0 heterocycles. The number of nitrogens with one attached hydrogen (secondary N) is 3. The largest absolute Gasteiger partial charge is 0.497 e. The van der Waals surface area contributed by atoms with Crippen LogP contribution >= 0.6 is 0 Å². The monoisotopic (exact) mass is 442 g/mol. The molecule has 0 unspecified atom stereocenters. The van der Waals surface area contributed by atoms with Gasteiger partial charge >= 0.3 is 0 Å². The molecule has 2 aromatic rings. The van der Waals surface area contributed by atoms with Crippen LogP contribution in [0.15, 0.2) is 47.5 Å². The van der Waals surface area contributed by atoms with Crippen molar-refractivity contribution >= 4 is 11.9 Å². The molecule has 0 aliphatic heterocycles. The molecular weight excluding hydrogens is 408 g/mol. The summed E-state index contributed by atoms with van der Waals surface area (Å²) in [4.78, 5) is 16.5. The number of aryl methyl sites for hydroxylation is 1. The molecule has 0 bridgehead atoms. The van der Waals surface area contributed by atoms with Gasteiger partial charge in [0.15, 0.2) is 5.96 Å². The summed E-state index contributed by atoms with van der Waals surface area (Å²) < 4.78 is 16.4. The average molecular weight is 443 g/mol. The SMILES string of the molecule is CCOCCOc1cc(C)ccc1CNC(=NC)NCCNC(=O)c1cccc(OC)c1. The lowest BCUT2D eigenvalue weighted by Gasteiger charge is -2.16. The Morgan fingerprint density at radius 1 is 1.03 bits per heavy atom. The van der Waals surface area contributed by atoms with Gasteiger partial charge in [0, 0.05) is 44.4 Å². The summed E-state index contributed by atoms with van der Waals surface area (Å²) in [6.45, 7) is 7.27. The first kappa shape index (κ1) is 25.0. The lowest BCUT2D eigenvalue weighted by molar-refractivity contribution is 0.0954. The lowest BCUT2D eigenvalue weighted by atomic mass is 10.1. The number of benzene rings is 2. The zero-order valence-corrected chi connectivity index (χ0v) is 19.4. The van der Waals surface area contributed by atoms with E-state index < -0.39 is 0 Å². The van der Waals surface area contributed by atoms with Crippen molar-refractivity contribution in [3.63, 3.8) is 0 Å². The number of rotatable bonds is 12. The van der Waals surface area contributed by atoms with E-state index in [1.54, 1.807) is 38.4 Å². The van der Waals surface area contributed by atoms with Crippen molar-refractivity contribution in [2.24, 2.45) is 4.99 Å². The van der Waals surface area contributed by atoms with E-state index in [9.17, 15) is 4.79 Å². The molecule has 3 N–H and O–H groups in total. The number of nitrogens with zero attached hydrogens (tertiary/aromatic N) is 1. The van der Waals surface area contributed by atoms with Gasteiger partial charge in [0.2, 0.25) is 0 Å². The second-order valence-electron chi connectivity index (χ2n) is 7.00. The maximum Gasteiger partial charge on any atom is 0.251 e. The molecule has 0 spiro atoms. The molecule has 2 aromatic carbocycles. The number of methoxy groups -OCH3 is 1. The van der Waals surface area contributed by atoms with Crippen molar-refractivity contribution in [2.75, 3.05) is 47.1 Å². The van der Waals surface area contributed by atoms with Gasteiger partial charge in [-0.3, -0.25) is 9.79 Å². The maximum absolute atomic E-state index is 12.3. The Morgan fingerprint density at radius 2 is 1.84 bits per heavy atom. The van der Waals surface area contributed by atoms with Crippen molar-refractivity contribution in [3.05, 3.63) is 59.2 Å². The Balaban J connectivity index is 1.79. The predicted molar refractivity (Wildman–Crippen MR) is 127 cm³/mol. The molecule has 1 amide bonds. The number of hydrogen-bond acceptors (Lipinski definition) is 5. The van der Waals surface area contributed by atoms with Gasteiger partial charge in [-0.25, -0.2) is 0 Å². The zero-order valence-electron chi connectivity index (χ0n) is 19.4. The van der Waals surface area contributed by atoms with Crippen molar-refractivity contribution < 1.29 is 19.0 Å². The molecule has 32 heavy (non-hydrogen) atoms. The summed E-state index contributed by atoms with van der Waals surface area (Å²) in [6.07, 6.45) is 0. The van der Waals surface area contributed by atoms with E-state index in [1.165, 1.54) is 0 Å². The van der Waals surface area contributed by atoms with E-state index in [0.29, 0.717) is 56.7 Å². The van der Waals surface area contributed by atoms with Crippen molar-refractivity contribution in [2.45, 2.75) is 20.4 Å². The fourth-order valence-electron chi connectivity index (χ4n) is 2.92. The minimum absolute atomic E-state index is 0.151. The maximum atomic E-state index is 12.3. The molecule has 174 valence electrons. The molecule has 0 radical (unpaired) electrons. The van der Waals surface area contributed by atoms with Crippen LogP contribution in [0.2, 0.25) is 0 Å². The molecule has 8 heteroatoms. The fourth-order valence-corrected chi connectivity index (χ4v) is 2.92. The summed E-state index contributed by atoms with van der Waals surface area (Å²) in [5.74, 6) is 1.97. The first-order valence-electron chi connectivity index (χ1n) is 10.7. The first-order chi connectivity index (χ1) is 15.6. The first-order valence-corrected chi connectivity index (χ1v) is 10.7. The highest BCUT2D eigenvalue weighted by Crippen LogP contribution is 2.20. The van der Waals surface area contributed by atoms with Crippen LogP contribution in [-0.4, -0.2) is 58.9 Å². The molecule has 0 saturated carbocycles. The third-order valence-corrected chi connectivity index (χ3v) is 4.62. The molecule has 0 aliphatic rings. The molecular formula is C24H34N4O4. The number of amides is 1. The molecule has 0 atom stereocenters. The van der Waals surface area contributed by atoms with Crippen LogP contribution in [-0.2, 0) is 11.3 Å². The standard InChI is InChI=1S/C24H34N4O4/c1-5-31-13-14-32-22-15-18(2)9-10-20(22)17-28-24(25-3)27-12-11-26-23(29)19-7-6-8-21(16-19)30-4/h6-10,15-16H,5,11-14,17H2,1-4H3,(H,26,29)(H2,25,27,28). The molecule has 2 rings (SSSR count). The summed E-state index contributed by atoms with van der Waals surface area (Å²) in [5.41, 5.74) is 2.72. The van der Waals surface area contributed by atoms with Gasteiger partial charge in [0.1, 0.15) is 18.1 Å². The van der Waals surface area contributed by atoms with Crippen molar-refractivity contribution in [3.8, 4) is 11.5 Å². The number of aliphatic imine (C=N–C) groups is 1. The summed E-state index contributed by atoms with van der Waals surface area (Å²) in [7, 11) is 3.28. The van der Waals surface area contributed by atoms with Gasteiger partial charge < -0.3 is 30.2 Å². The molecule has 0 aromatic heterocycles. The van der Waals surface area contributed by atoms with Gasteiger partial charge in [-0.15, -0.1) is 0 Å². The van der Waals surface area contributed by atoms with Gasteiger partial charge in [-0.1, -0.05) is 18.2 Å². The molecule has 8 nitrogen and oxygen atoms in total. The van der Waals surface area contributed by atoms with Crippen LogP contribution < -0.4 is 25.4 Å². The highest BCUT2D eigenvalue weighted by Gasteiger charge is 2.08. The highest BCUT2D eigenvalue weighted by atomic mass is 16.5. The Labute approximate surface area is 190 Å².